The number of hydrogen-bond acceptors (Lipinski definition) is 5. The van der Waals surface area contributed by atoms with Gasteiger partial charge in [0, 0.05) is 0 Å². The van der Waals surface area contributed by atoms with Gasteiger partial charge in [0.15, 0.2) is 0 Å². The van der Waals surface area contributed by atoms with E-state index in [0.29, 0.717) is 17.9 Å². The van der Waals surface area contributed by atoms with E-state index in [1.165, 1.54) is 36.5 Å². The monoisotopic (exact) mass is 531 g/mol. The molecule has 0 bridgehead atoms. The van der Waals surface area contributed by atoms with Crippen LogP contribution < -0.4 is 14.5 Å². The molecular weight excluding hydrogens is 505 g/mol. The van der Waals surface area contributed by atoms with Crippen LogP contribution in [0.25, 0.3) is 0 Å². The van der Waals surface area contributed by atoms with E-state index in [1.54, 1.807) is 36.4 Å². The van der Waals surface area contributed by atoms with Gasteiger partial charge in [0.05, 0.1) is 16.8 Å². The molecular formula is C29H26FN3O4S. The van der Waals surface area contributed by atoms with Gasteiger partial charge in [-0.3, -0.25) is 9.10 Å². The number of carbonyl (C=O) groups excluding carboxylic acids is 1. The Morgan fingerprint density at radius 3 is 2.26 bits per heavy atom. The normalized spacial score (nSPS) is 11.3. The lowest BCUT2D eigenvalue weighted by Crippen LogP contribution is -2.40. The first-order valence-electron chi connectivity index (χ1n) is 11.8. The lowest BCUT2D eigenvalue weighted by atomic mass is 10.2. The van der Waals surface area contributed by atoms with E-state index in [9.17, 15) is 17.6 Å². The molecule has 0 saturated heterocycles. The summed E-state index contributed by atoms with van der Waals surface area (Å²) >= 11 is 0. The Balaban J connectivity index is 1.42. The fourth-order valence-corrected chi connectivity index (χ4v) is 4.96. The van der Waals surface area contributed by atoms with Crippen molar-refractivity contribution in [1.82, 2.24) is 5.43 Å². The van der Waals surface area contributed by atoms with Crippen molar-refractivity contribution in [3.05, 3.63) is 126 Å². The number of para-hydroxylation sites is 1. The Labute approximate surface area is 221 Å². The molecule has 0 atom stereocenters. The number of halogens is 1. The number of anilines is 1. The van der Waals surface area contributed by atoms with Gasteiger partial charge in [-0.15, -0.1) is 0 Å². The second-order valence-electron chi connectivity index (χ2n) is 8.41. The van der Waals surface area contributed by atoms with Gasteiger partial charge in [-0.05, 0) is 66.6 Å². The molecule has 1 amide bonds. The molecule has 7 nitrogen and oxygen atoms in total. The summed E-state index contributed by atoms with van der Waals surface area (Å²) in [6.07, 6.45) is 1.42. The van der Waals surface area contributed by atoms with Crippen molar-refractivity contribution >= 4 is 27.8 Å². The molecule has 38 heavy (non-hydrogen) atoms. The van der Waals surface area contributed by atoms with Gasteiger partial charge in [0.2, 0.25) is 0 Å². The van der Waals surface area contributed by atoms with Crippen molar-refractivity contribution in [3.8, 4) is 5.75 Å². The first kappa shape index (κ1) is 26.6. The van der Waals surface area contributed by atoms with Gasteiger partial charge in [-0.1, -0.05) is 60.2 Å². The third-order valence-corrected chi connectivity index (χ3v) is 7.32. The predicted octanol–water partition coefficient (Wildman–Crippen LogP) is 5.06. The number of sulfonamides is 1. The third-order valence-electron chi connectivity index (χ3n) is 5.55. The number of nitrogens with one attached hydrogen (secondary N) is 1. The highest BCUT2D eigenvalue weighted by Gasteiger charge is 2.29. The largest absolute Gasteiger partial charge is 0.489 e. The molecule has 4 aromatic rings. The molecule has 0 fully saturated rings. The highest BCUT2D eigenvalue weighted by molar-refractivity contribution is 7.92. The molecule has 4 aromatic carbocycles. The zero-order chi connectivity index (χ0) is 27.0. The van der Waals surface area contributed by atoms with E-state index in [1.807, 2.05) is 37.3 Å². The maximum Gasteiger partial charge on any atom is 0.264 e. The van der Waals surface area contributed by atoms with Crippen molar-refractivity contribution in [2.24, 2.45) is 5.10 Å². The third kappa shape index (κ3) is 6.83. The van der Waals surface area contributed by atoms with Crippen LogP contribution >= 0.6 is 0 Å². The number of aryl methyl sites for hydroxylation is 1. The van der Waals surface area contributed by atoms with E-state index >= 15 is 0 Å². The van der Waals surface area contributed by atoms with Crippen LogP contribution in [0.15, 0.2) is 113 Å². The summed E-state index contributed by atoms with van der Waals surface area (Å²) in [7, 11) is -4.23. The summed E-state index contributed by atoms with van der Waals surface area (Å²) in [6.45, 7) is 1.59. The van der Waals surface area contributed by atoms with Crippen LogP contribution in [0.4, 0.5) is 10.1 Å². The van der Waals surface area contributed by atoms with Crippen molar-refractivity contribution < 1.29 is 22.3 Å². The highest BCUT2D eigenvalue weighted by Crippen LogP contribution is 2.26. The molecule has 0 aliphatic rings. The molecule has 9 heteroatoms. The molecule has 0 aromatic heterocycles. The highest BCUT2D eigenvalue weighted by atomic mass is 32.2. The van der Waals surface area contributed by atoms with Gasteiger partial charge < -0.3 is 4.74 Å². The standard InChI is InChI=1S/C29H26FN3O4S/c1-22-11-17-26(18-12-22)38(35,36)33(28-10-6-5-9-27(28)30)20-29(34)32-31-19-23-13-15-25(16-14-23)37-21-24-7-3-2-4-8-24/h2-19H,20-21H2,1H3,(H,32,34)/b31-19-. The first-order chi connectivity index (χ1) is 18.3. The van der Waals surface area contributed by atoms with Crippen LogP contribution in [0, 0.1) is 12.7 Å². The lowest BCUT2D eigenvalue weighted by molar-refractivity contribution is -0.119. The number of benzene rings is 4. The summed E-state index contributed by atoms with van der Waals surface area (Å²) in [4.78, 5) is 12.6. The smallest absolute Gasteiger partial charge is 0.264 e. The average molecular weight is 532 g/mol. The van der Waals surface area contributed by atoms with Crippen LogP contribution in [-0.4, -0.2) is 27.1 Å². The molecule has 1 N–H and O–H groups in total. The number of amides is 1. The Morgan fingerprint density at radius 2 is 1.58 bits per heavy atom. The Kier molecular flexibility index (Phi) is 8.50. The van der Waals surface area contributed by atoms with Gasteiger partial charge in [-0.2, -0.15) is 5.10 Å². The average Bonchev–Trinajstić information content (AvgIpc) is 2.92. The Bertz CT molecular complexity index is 1510. The summed E-state index contributed by atoms with van der Waals surface area (Å²) in [5, 5.41) is 3.92. The summed E-state index contributed by atoms with van der Waals surface area (Å²) < 4.78 is 47.7. The SMILES string of the molecule is Cc1ccc(S(=O)(=O)N(CC(=O)N/N=C\c2ccc(OCc3ccccc3)cc2)c2ccccc2F)cc1. The number of hydrazone groups is 1. The number of hydrogen-bond donors (Lipinski definition) is 1. The molecule has 0 unspecified atom stereocenters. The number of nitrogens with zero attached hydrogens (tertiary/aromatic N) is 2. The van der Waals surface area contributed by atoms with E-state index < -0.39 is 28.3 Å². The summed E-state index contributed by atoms with van der Waals surface area (Å²) in [5.74, 6) is -0.825. The Hall–Kier alpha value is -4.50. The van der Waals surface area contributed by atoms with Crippen LogP contribution in [0.5, 0.6) is 5.75 Å². The summed E-state index contributed by atoms with van der Waals surface area (Å²) in [5.41, 5.74) is 4.68. The van der Waals surface area contributed by atoms with Crippen LogP contribution in [0.3, 0.4) is 0 Å². The van der Waals surface area contributed by atoms with E-state index in [4.69, 9.17) is 4.74 Å². The fraction of sp³-hybridized carbons (Fsp3) is 0.103. The molecule has 0 saturated carbocycles. The second kappa shape index (κ2) is 12.2. The quantitative estimate of drug-likeness (QED) is 0.229. The zero-order valence-electron chi connectivity index (χ0n) is 20.6. The van der Waals surface area contributed by atoms with E-state index in [-0.39, 0.29) is 10.6 Å². The van der Waals surface area contributed by atoms with Gasteiger partial charge in [0.1, 0.15) is 24.7 Å². The molecule has 0 radical (unpaired) electrons. The van der Waals surface area contributed by atoms with Crippen LogP contribution in [0.1, 0.15) is 16.7 Å². The van der Waals surface area contributed by atoms with Crippen molar-refractivity contribution in [3.63, 3.8) is 0 Å². The minimum atomic E-state index is -4.23. The first-order valence-corrected chi connectivity index (χ1v) is 13.2. The number of ether oxygens (including phenoxy) is 1. The maximum absolute atomic E-state index is 14.6. The van der Waals surface area contributed by atoms with E-state index in [2.05, 4.69) is 10.5 Å². The number of rotatable bonds is 10. The molecule has 0 spiro atoms. The molecule has 194 valence electrons. The molecule has 0 heterocycles. The molecule has 0 aliphatic carbocycles. The van der Waals surface area contributed by atoms with Crippen molar-refractivity contribution in [2.75, 3.05) is 10.8 Å². The predicted molar refractivity (Wildman–Crippen MR) is 145 cm³/mol. The van der Waals surface area contributed by atoms with Gasteiger partial charge in [0.25, 0.3) is 15.9 Å². The second-order valence-corrected chi connectivity index (χ2v) is 10.3. The van der Waals surface area contributed by atoms with Crippen molar-refractivity contribution in [1.29, 1.82) is 0 Å². The van der Waals surface area contributed by atoms with Crippen LogP contribution in [0.2, 0.25) is 0 Å². The summed E-state index contributed by atoms with van der Waals surface area (Å²) in [6, 6.07) is 28.4. The van der Waals surface area contributed by atoms with Gasteiger partial charge in [-0.25, -0.2) is 18.2 Å². The fourth-order valence-electron chi connectivity index (χ4n) is 3.53. The lowest BCUT2D eigenvalue weighted by Gasteiger charge is -2.24. The van der Waals surface area contributed by atoms with Crippen molar-refractivity contribution in [2.45, 2.75) is 18.4 Å². The van der Waals surface area contributed by atoms with E-state index in [0.717, 1.165) is 21.5 Å². The maximum atomic E-state index is 14.6. The number of carbonyl (C=O) groups is 1. The minimum absolute atomic E-state index is 0.0581. The van der Waals surface area contributed by atoms with Crippen LogP contribution in [-0.2, 0) is 21.4 Å². The zero-order valence-corrected chi connectivity index (χ0v) is 21.4. The Morgan fingerprint density at radius 1 is 0.921 bits per heavy atom. The molecule has 0 aliphatic heterocycles. The molecule has 4 rings (SSSR count). The van der Waals surface area contributed by atoms with Gasteiger partial charge >= 0.3 is 0 Å². The topological polar surface area (TPSA) is 88.1 Å². The minimum Gasteiger partial charge on any atom is -0.489 e.